The lowest BCUT2D eigenvalue weighted by atomic mass is 9.95. The molecular formula is C16H23NO2. The molecule has 0 atom stereocenters. The van der Waals surface area contributed by atoms with E-state index in [9.17, 15) is 4.79 Å². The van der Waals surface area contributed by atoms with Crippen LogP contribution in [0, 0.1) is 0 Å². The first-order valence-corrected chi connectivity index (χ1v) is 7.22. The highest BCUT2D eigenvalue weighted by molar-refractivity contribution is 5.97. The fourth-order valence-corrected chi connectivity index (χ4v) is 2.66. The van der Waals surface area contributed by atoms with Crippen LogP contribution >= 0.6 is 0 Å². The molecule has 3 nitrogen and oxygen atoms in total. The van der Waals surface area contributed by atoms with Crippen LogP contribution in [0.1, 0.15) is 54.9 Å². The van der Waals surface area contributed by atoms with E-state index in [4.69, 9.17) is 4.74 Å². The number of methoxy groups -OCH3 is 1. The van der Waals surface area contributed by atoms with E-state index in [-0.39, 0.29) is 5.91 Å². The van der Waals surface area contributed by atoms with Gasteiger partial charge in [0, 0.05) is 6.04 Å². The van der Waals surface area contributed by atoms with E-state index >= 15 is 0 Å². The SMILES string of the molecule is CCc1ccc(OC)c(C(=O)NC2CCCCC2)c1. The Bertz CT molecular complexity index is 436. The van der Waals surface area contributed by atoms with Gasteiger partial charge in [0.15, 0.2) is 0 Å². The standard InChI is InChI=1S/C16H23NO2/c1-3-12-9-10-15(19-2)14(11-12)16(18)17-13-7-5-4-6-8-13/h9-11,13H,3-8H2,1-2H3,(H,17,18). The maximum Gasteiger partial charge on any atom is 0.255 e. The lowest BCUT2D eigenvalue weighted by Crippen LogP contribution is -2.36. The first kappa shape index (κ1) is 13.9. The second-order valence-electron chi connectivity index (χ2n) is 5.20. The Labute approximate surface area is 115 Å². The smallest absolute Gasteiger partial charge is 0.255 e. The fourth-order valence-electron chi connectivity index (χ4n) is 2.66. The first-order valence-electron chi connectivity index (χ1n) is 7.22. The zero-order valence-corrected chi connectivity index (χ0v) is 11.9. The van der Waals surface area contributed by atoms with E-state index in [0.29, 0.717) is 17.4 Å². The van der Waals surface area contributed by atoms with Gasteiger partial charge in [0.25, 0.3) is 5.91 Å². The summed E-state index contributed by atoms with van der Waals surface area (Å²) >= 11 is 0. The van der Waals surface area contributed by atoms with Crippen LogP contribution in [0.4, 0.5) is 0 Å². The Morgan fingerprint density at radius 3 is 2.68 bits per heavy atom. The zero-order chi connectivity index (χ0) is 13.7. The quantitative estimate of drug-likeness (QED) is 0.903. The van der Waals surface area contributed by atoms with Crippen molar-refractivity contribution in [3.05, 3.63) is 29.3 Å². The van der Waals surface area contributed by atoms with Crippen LogP contribution in [0.2, 0.25) is 0 Å². The molecule has 0 aliphatic heterocycles. The average Bonchev–Trinajstić information content (AvgIpc) is 2.47. The van der Waals surface area contributed by atoms with E-state index in [1.807, 2.05) is 18.2 Å². The van der Waals surface area contributed by atoms with Crippen molar-refractivity contribution >= 4 is 5.91 Å². The topological polar surface area (TPSA) is 38.3 Å². The molecule has 0 saturated heterocycles. The molecule has 2 rings (SSSR count). The number of carbonyl (C=O) groups is 1. The summed E-state index contributed by atoms with van der Waals surface area (Å²) in [7, 11) is 1.61. The molecule has 0 spiro atoms. The van der Waals surface area contributed by atoms with Crippen molar-refractivity contribution in [2.45, 2.75) is 51.5 Å². The highest BCUT2D eigenvalue weighted by Crippen LogP contribution is 2.22. The molecule has 1 fully saturated rings. The third kappa shape index (κ3) is 3.49. The summed E-state index contributed by atoms with van der Waals surface area (Å²) in [5.74, 6) is 0.657. The summed E-state index contributed by atoms with van der Waals surface area (Å²) < 4.78 is 5.29. The van der Waals surface area contributed by atoms with Crippen LogP contribution in [0.5, 0.6) is 5.75 Å². The van der Waals surface area contributed by atoms with Crippen molar-refractivity contribution in [1.29, 1.82) is 0 Å². The van der Waals surface area contributed by atoms with Gasteiger partial charge in [-0.3, -0.25) is 4.79 Å². The molecule has 0 aromatic heterocycles. The number of hydrogen-bond acceptors (Lipinski definition) is 2. The minimum Gasteiger partial charge on any atom is -0.496 e. The summed E-state index contributed by atoms with van der Waals surface area (Å²) in [5, 5.41) is 3.14. The van der Waals surface area contributed by atoms with Crippen LogP contribution in [0.3, 0.4) is 0 Å². The minimum absolute atomic E-state index is 0.000880. The van der Waals surface area contributed by atoms with Crippen molar-refractivity contribution in [2.24, 2.45) is 0 Å². The highest BCUT2D eigenvalue weighted by atomic mass is 16.5. The molecule has 0 radical (unpaired) electrons. The summed E-state index contributed by atoms with van der Waals surface area (Å²) in [6.45, 7) is 2.09. The number of nitrogens with one attached hydrogen (secondary N) is 1. The van der Waals surface area contributed by atoms with Crippen LogP contribution in [0.25, 0.3) is 0 Å². The lowest BCUT2D eigenvalue weighted by Gasteiger charge is -2.23. The normalized spacial score (nSPS) is 16.1. The number of benzene rings is 1. The number of rotatable bonds is 4. The fraction of sp³-hybridized carbons (Fsp3) is 0.562. The molecule has 104 valence electrons. The molecular weight excluding hydrogens is 238 g/mol. The van der Waals surface area contributed by atoms with E-state index in [2.05, 4.69) is 12.2 Å². The van der Waals surface area contributed by atoms with Crippen LogP contribution < -0.4 is 10.1 Å². The minimum atomic E-state index is -0.000880. The number of carbonyl (C=O) groups excluding carboxylic acids is 1. The molecule has 1 aliphatic rings. The summed E-state index contributed by atoms with van der Waals surface area (Å²) in [5.41, 5.74) is 1.82. The van der Waals surface area contributed by atoms with E-state index in [1.54, 1.807) is 7.11 Å². The van der Waals surface area contributed by atoms with Gasteiger partial charge in [0.1, 0.15) is 5.75 Å². The molecule has 1 saturated carbocycles. The second-order valence-corrected chi connectivity index (χ2v) is 5.20. The van der Waals surface area contributed by atoms with E-state index in [0.717, 1.165) is 24.8 Å². The largest absolute Gasteiger partial charge is 0.496 e. The molecule has 1 amide bonds. The Balaban J connectivity index is 2.12. The van der Waals surface area contributed by atoms with Crippen molar-refractivity contribution in [1.82, 2.24) is 5.32 Å². The maximum atomic E-state index is 12.4. The van der Waals surface area contributed by atoms with Crippen molar-refractivity contribution in [3.63, 3.8) is 0 Å². The van der Waals surface area contributed by atoms with Gasteiger partial charge in [-0.25, -0.2) is 0 Å². The molecule has 1 N–H and O–H groups in total. The van der Waals surface area contributed by atoms with Crippen LogP contribution in [-0.2, 0) is 6.42 Å². The number of amides is 1. The van der Waals surface area contributed by atoms with Gasteiger partial charge in [0.05, 0.1) is 12.7 Å². The lowest BCUT2D eigenvalue weighted by molar-refractivity contribution is 0.0924. The van der Waals surface area contributed by atoms with Gasteiger partial charge in [-0.05, 0) is 37.0 Å². The second kappa shape index (κ2) is 6.60. The number of aryl methyl sites for hydroxylation is 1. The Morgan fingerprint density at radius 1 is 1.32 bits per heavy atom. The molecule has 0 bridgehead atoms. The predicted molar refractivity (Wildman–Crippen MR) is 76.7 cm³/mol. The summed E-state index contributed by atoms with van der Waals surface area (Å²) in [4.78, 5) is 12.4. The highest BCUT2D eigenvalue weighted by Gasteiger charge is 2.19. The van der Waals surface area contributed by atoms with Crippen LogP contribution in [-0.4, -0.2) is 19.1 Å². The van der Waals surface area contributed by atoms with Gasteiger partial charge < -0.3 is 10.1 Å². The molecule has 1 aliphatic carbocycles. The summed E-state index contributed by atoms with van der Waals surface area (Å²) in [6.07, 6.45) is 6.85. The van der Waals surface area contributed by atoms with Crippen molar-refractivity contribution < 1.29 is 9.53 Å². The third-order valence-electron chi connectivity index (χ3n) is 3.86. The monoisotopic (exact) mass is 261 g/mol. The molecule has 19 heavy (non-hydrogen) atoms. The molecule has 1 aromatic carbocycles. The van der Waals surface area contributed by atoms with E-state index in [1.165, 1.54) is 19.3 Å². The van der Waals surface area contributed by atoms with E-state index < -0.39 is 0 Å². The van der Waals surface area contributed by atoms with Gasteiger partial charge in [-0.2, -0.15) is 0 Å². The Morgan fingerprint density at radius 2 is 2.05 bits per heavy atom. The maximum absolute atomic E-state index is 12.4. The first-order chi connectivity index (χ1) is 9.24. The molecule has 3 heteroatoms. The van der Waals surface area contributed by atoms with Crippen LogP contribution in [0.15, 0.2) is 18.2 Å². The Kier molecular flexibility index (Phi) is 4.83. The predicted octanol–water partition coefficient (Wildman–Crippen LogP) is 3.32. The van der Waals surface area contributed by atoms with Crippen molar-refractivity contribution in [3.8, 4) is 5.75 Å². The number of ether oxygens (including phenoxy) is 1. The number of hydrogen-bond donors (Lipinski definition) is 1. The van der Waals surface area contributed by atoms with Gasteiger partial charge >= 0.3 is 0 Å². The third-order valence-corrected chi connectivity index (χ3v) is 3.86. The zero-order valence-electron chi connectivity index (χ0n) is 11.9. The summed E-state index contributed by atoms with van der Waals surface area (Å²) in [6, 6.07) is 6.17. The van der Waals surface area contributed by atoms with Gasteiger partial charge in [0.2, 0.25) is 0 Å². The molecule has 1 aromatic rings. The van der Waals surface area contributed by atoms with Gasteiger partial charge in [-0.15, -0.1) is 0 Å². The Hall–Kier alpha value is -1.51. The average molecular weight is 261 g/mol. The molecule has 0 unspecified atom stereocenters. The van der Waals surface area contributed by atoms with Gasteiger partial charge in [-0.1, -0.05) is 32.3 Å². The van der Waals surface area contributed by atoms with Crippen molar-refractivity contribution in [2.75, 3.05) is 7.11 Å². The molecule has 0 heterocycles.